The SMILES string of the molecule is COc1ccc(NC(=O)C[C@@H](C)n2nc(C)nc2C)cc1. The van der Waals surface area contributed by atoms with Crippen LogP contribution < -0.4 is 10.1 Å². The average molecular weight is 288 g/mol. The van der Waals surface area contributed by atoms with Crippen LogP contribution in [0.5, 0.6) is 5.75 Å². The molecule has 0 bridgehead atoms. The number of ether oxygens (including phenoxy) is 1. The fourth-order valence-electron chi connectivity index (χ4n) is 2.19. The third-order valence-corrected chi connectivity index (χ3v) is 3.18. The highest BCUT2D eigenvalue weighted by molar-refractivity contribution is 5.90. The van der Waals surface area contributed by atoms with Crippen LogP contribution in [0.1, 0.15) is 31.0 Å². The molecule has 1 atom stereocenters. The number of nitrogens with one attached hydrogen (secondary N) is 1. The normalized spacial score (nSPS) is 12.0. The summed E-state index contributed by atoms with van der Waals surface area (Å²) in [6.45, 7) is 5.68. The smallest absolute Gasteiger partial charge is 0.226 e. The van der Waals surface area contributed by atoms with Crippen LogP contribution in [0.3, 0.4) is 0 Å². The number of carbonyl (C=O) groups is 1. The van der Waals surface area contributed by atoms with Crippen LogP contribution in [0.25, 0.3) is 0 Å². The molecule has 0 aliphatic rings. The number of methoxy groups -OCH3 is 1. The second-order valence-electron chi connectivity index (χ2n) is 4.98. The highest BCUT2D eigenvalue weighted by Gasteiger charge is 2.14. The van der Waals surface area contributed by atoms with Crippen molar-refractivity contribution in [3.05, 3.63) is 35.9 Å². The van der Waals surface area contributed by atoms with E-state index in [1.807, 2.05) is 45.0 Å². The molecule has 1 N–H and O–H groups in total. The lowest BCUT2D eigenvalue weighted by molar-refractivity contribution is -0.116. The molecule has 2 aromatic rings. The standard InChI is InChI=1S/C15H20N4O2/c1-10(19-12(3)16-11(2)18-19)9-15(20)17-13-5-7-14(21-4)8-6-13/h5-8,10H,9H2,1-4H3,(H,17,20)/t10-/m1/s1. The molecule has 112 valence electrons. The number of aromatic nitrogens is 3. The van der Waals surface area contributed by atoms with Gasteiger partial charge in [-0.25, -0.2) is 9.67 Å². The van der Waals surface area contributed by atoms with Gasteiger partial charge in [-0.3, -0.25) is 4.79 Å². The van der Waals surface area contributed by atoms with Crippen LogP contribution in [0.4, 0.5) is 5.69 Å². The molecule has 0 saturated heterocycles. The number of rotatable bonds is 5. The number of carbonyl (C=O) groups excluding carboxylic acids is 1. The molecule has 6 heteroatoms. The van der Waals surface area contributed by atoms with E-state index in [1.54, 1.807) is 11.8 Å². The van der Waals surface area contributed by atoms with Gasteiger partial charge in [-0.1, -0.05) is 0 Å². The zero-order valence-corrected chi connectivity index (χ0v) is 12.8. The molecule has 1 aromatic carbocycles. The van der Waals surface area contributed by atoms with Crippen molar-refractivity contribution in [2.24, 2.45) is 0 Å². The number of anilines is 1. The lowest BCUT2D eigenvalue weighted by Gasteiger charge is -2.13. The van der Waals surface area contributed by atoms with Gasteiger partial charge in [-0.15, -0.1) is 0 Å². The first-order valence-electron chi connectivity index (χ1n) is 6.83. The van der Waals surface area contributed by atoms with E-state index in [4.69, 9.17) is 4.74 Å². The van der Waals surface area contributed by atoms with E-state index in [1.165, 1.54) is 0 Å². The summed E-state index contributed by atoms with van der Waals surface area (Å²) in [6.07, 6.45) is 0.343. The molecule has 0 spiro atoms. The van der Waals surface area contributed by atoms with Crippen LogP contribution in [0.15, 0.2) is 24.3 Å². The fraction of sp³-hybridized carbons (Fsp3) is 0.400. The Labute approximate surface area is 124 Å². The van der Waals surface area contributed by atoms with Gasteiger partial charge in [0.25, 0.3) is 0 Å². The van der Waals surface area contributed by atoms with Gasteiger partial charge in [0, 0.05) is 12.1 Å². The van der Waals surface area contributed by atoms with Gasteiger partial charge in [-0.05, 0) is 45.0 Å². The van der Waals surface area contributed by atoms with Crippen molar-refractivity contribution in [3.63, 3.8) is 0 Å². The first-order chi connectivity index (χ1) is 9.99. The maximum Gasteiger partial charge on any atom is 0.226 e. The summed E-state index contributed by atoms with van der Waals surface area (Å²) in [5, 5.41) is 7.17. The van der Waals surface area contributed by atoms with Crippen LogP contribution >= 0.6 is 0 Å². The van der Waals surface area contributed by atoms with E-state index in [2.05, 4.69) is 15.4 Å². The Morgan fingerprint density at radius 3 is 2.52 bits per heavy atom. The maximum absolute atomic E-state index is 12.1. The monoisotopic (exact) mass is 288 g/mol. The van der Waals surface area contributed by atoms with Crippen LogP contribution in [0.2, 0.25) is 0 Å². The lowest BCUT2D eigenvalue weighted by atomic mass is 10.2. The summed E-state index contributed by atoms with van der Waals surface area (Å²) in [5.74, 6) is 2.24. The van der Waals surface area contributed by atoms with E-state index in [9.17, 15) is 4.79 Å². The molecule has 0 aliphatic carbocycles. The van der Waals surface area contributed by atoms with E-state index < -0.39 is 0 Å². The molecule has 1 amide bonds. The Balaban J connectivity index is 1.96. The van der Waals surface area contributed by atoms with E-state index in [-0.39, 0.29) is 11.9 Å². The number of hydrogen-bond acceptors (Lipinski definition) is 4. The van der Waals surface area contributed by atoms with E-state index >= 15 is 0 Å². The van der Waals surface area contributed by atoms with Gasteiger partial charge in [-0.2, -0.15) is 5.10 Å². The zero-order chi connectivity index (χ0) is 15.4. The Kier molecular flexibility index (Phi) is 4.57. The minimum Gasteiger partial charge on any atom is -0.497 e. The predicted octanol–water partition coefficient (Wildman–Crippen LogP) is 2.49. The van der Waals surface area contributed by atoms with Crippen molar-refractivity contribution in [1.29, 1.82) is 0 Å². The number of aryl methyl sites for hydroxylation is 2. The number of amides is 1. The number of hydrogen-bond donors (Lipinski definition) is 1. The summed E-state index contributed by atoms with van der Waals surface area (Å²) in [7, 11) is 1.61. The number of benzene rings is 1. The minimum absolute atomic E-state index is 0.0375. The molecule has 0 fully saturated rings. The maximum atomic E-state index is 12.1. The predicted molar refractivity (Wildman–Crippen MR) is 80.4 cm³/mol. The summed E-state index contributed by atoms with van der Waals surface area (Å²) < 4.78 is 6.86. The molecule has 1 heterocycles. The molecule has 0 unspecified atom stereocenters. The fourth-order valence-corrected chi connectivity index (χ4v) is 2.19. The molecule has 0 saturated carbocycles. The van der Waals surface area contributed by atoms with Gasteiger partial charge < -0.3 is 10.1 Å². The molecular weight excluding hydrogens is 268 g/mol. The highest BCUT2D eigenvalue weighted by atomic mass is 16.5. The van der Waals surface area contributed by atoms with E-state index in [0.29, 0.717) is 6.42 Å². The Hall–Kier alpha value is -2.37. The molecule has 0 radical (unpaired) electrons. The van der Waals surface area contributed by atoms with Crippen molar-refractivity contribution in [2.75, 3.05) is 12.4 Å². The second-order valence-corrected chi connectivity index (χ2v) is 4.98. The Morgan fingerprint density at radius 1 is 1.33 bits per heavy atom. The van der Waals surface area contributed by atoms with Gasteiger partial charge in [0.1, 0.15) is 17.4 Å². The van der Waals surface area contributed by atoms with Gasteiger partial charge in [0.15, 0.2) is 0 Å². The van der Waals surface area contributed by atoms with E-state index in [0.717, 1.165) is 23.1 Å². The summed E-state index contributed by atoms with van der Waals surface area (Å²) in [4.78, 5) is 16.3. The summed E-state index contributed by atoms with van der Waals surface area (Å²) in [6, 6.07) is 7.20. The quantitative estimate of drug-likeness (QED) is 0.917. The molecule has 1 aromatic heterocycles. The van der Waals surface area contributed by atoms with Crippen LogP contribution in [-0.4, -0.2) is 27.8 Å². The zero-order valence-electron chi connectivity index (χ0n) is 12.8. The first-order valence-corrected chi connectivity index (χ1v) is 6.83. The number of nitrogens with zero attached hydrogens (tertiary/aromatic N) is 3. The summed E-state index contributed by atoms with van der Waals surface area (Å²) >= 11 is 0. The third kappa shape index (κ3) is 3.81. The average Bonchev–Trinajstić information content (AvgIpc) is 2.78. The van der Waals surface area contributed by atoms with Crippen molar-refractivity contribution in [3.8, 4) is 5.75 Å². The molecule has 6 nitrogen and oxygen atoms in total. The van der Waals surface area contributed by atoms with Crippen molar-refractivity contribution in [1.82, 2.24) is 14.8 Å². The Morgan fingerprint density at radius 2 is 2.00 bits per heavy atom. The molecule has 0 aliphatic heterocycles. The lowest BCUT2D eigenvalue weighted by Crippen LogP contribution is -2.19. The minimum atomic E-state index is -0.0554. The van der Waals surface area contributed by atoms with Gasteiger partial charge in [0.2, 0.25) is 5.91 Å². The summed E-state index contributed by atoms with van der Waals surface area (Å²) in [5.41, 5.74) is 0.750. The van der Waals surface area contributed by atoms with Crippen LogP contribution in [-0.2, 0) is 4.79 Å². The largest absolute Gasteiger partial charge is 0.497 e. The van der Waals surface area contributed by atoms with Crippen molar-refractivity contribution in [2.45, 2.75) is 33.2 Å². The molecule has 21 heavy (non-hydrogen) atoms. The Bertz CT molecular complexity index is 619. The second kappa shape index (κ2) is 6.39. The van der Waals surface area contributed by atoms with Crippen molar-refractivity contribution >= 4 is 11.6 Å². The third-order valence-electron chi connectivity index (χ3n) is 3.18. The van der Waals surface area contributed by atoms with Crippen LogP contribution in [0, 0.1) is 13.8 Å². The first kappa shape index (κ1) is 15.0. The highest BCUT2D eigenvalue weighted by Crippen LogP contribution is 2.17. The van der Waals surface area contributed by atoms with Gasteiger partial charge >= 0.3 is 0 Å². The van der Waals surface area contributed by atoms with Gasteiger partial charge in [0.05, 0.1) is 13.2 Å². The topological polar surface area (TPSA) is 69.0 Å². The molecule has 2 rings (SSSR count). The molecular formula is C15H20N4O2. The van der Waals surface area contributed by atoms with Crippen molar-refractivity contribution < 1.29 is 9.53 Å².